The van der Waals surface area contributed by atoms with Gasteiger partial charge in [0, 0.05) is 36.7 Å². The number of rotatable bonds is 5. The van der Waals surface area contributed by atoms with E-state index in [4.69, 9.17) is 4.74 Å². The summed E-state index contributed by atoms with van der Waals surface area (Å²) in [6.07, 6.45) is 5.43. The molecule has 1 aliphatic rings. The van der Waals surface area contributed by atoms with Crippen LogP contribution in [0.4, 0.5) is 0 Å². The van der Waals surface area contributed by atoms with Crippen LogP contribution >= 0.6 is 0 Å². The standard InChI is InChI=1S/C23H26N2O/c1-3-19-8-10-22(11-9-19)24-13-12-21(17-24)23-25(14-15-26-23)16-20-6-4-18(2)5-7-20/h4-13,17,23H,3,14-16H2,1-2H3. The summed E-state index contributed by atoms with van der Waals surface area (Å²) >= 11 is 0. The van der Waals surface area contributed by atoms with Crippen LogP contribution in [0.25, 0.3) is 5.69 Å². The van der Waals surface area contributed by atoms with Gasteiger partial charge in [0.15, 0.2) is 0 Å². The molecule has 0 radical (unpaired) electrons. The second-order valence-corrected chi connectivity index (χ2v) is 7.05. The molecule has 2 heterocycles. The van der Waals surface area contributed by atoms with Crippen LogP contribution in [0.3, 0.4) is 0 Å². The molecule has 1 aliphatic heterocycles. The summed E-state index contributed by atoms with van der Waals surface area (Å²) in [5.41, 5.74) is 6.41. The maximum atomic E-state index is 6.05. The zero-order valence-electron chi connectivity index (χ0n) is 15.6. The van der Waals surface area contributed by atoms with Gasteiger partial charge in [0.05, 0.1) is 6.61 Å². The predicted octanol–water partition coefficient (Wildman–Crippen LogP) is 4.88. The van der Waals surface area contributed by atoms with Crippen molar-refractivity contribution < 1.29 is 4.74 Å². The van der Waals surface area contributed by atoms with E-state index in [0.29, 0.717) is 0 Å². The van der Waals surface area contributed by atoms with Crippen LogP contribution in [0.5, 0.6) is 0 Å². The molecule has 1 unspecified atom stereocenters. The van der Waals surface area contributed by atoms with E-state index in [1.54, 1.807) is 0 Å². The first-order valence-electron chi connectivity index (χ1n) is 9.41. The van der Waals surface area contributed by atoms with Crippen LogP contribution in [0.15, 0.2) is 67.0 Å². The van der Waals surface area contributed by atoms with E-state index >= 15 is 0 Å². The van der Waals surface area contributed by atoms with E-state index in [1.807, 2.05) is 0 Å². The van der Waals surface area contributed by atoms with Crippen LogP contribution in [-0.2, 0) is 17.7 Å². The Balaban J connectivity index is 1.51. The van der Waals surface area contributed by atoms with Crippen LogP contribution in [0, 0.1) is 6.92 Å². The zero-order chi connectivity index (χ0) is 17.9. The van der Waals surface area contributed by atoms with Gasteiger partial charge in [-0.25, -0.2) is 0 Å². The highest BCUT2D eigenvalue weighted by molar-refractivity contribution is 5.36. The van der Waals surface area contributed by atoms with Gasteiger partial charge in [0.25, 0.3) is 0 Å². The quantitative estimate of drug-likeness (QED) is 0.655. The molecule has 1 aromatic heterocycles. The summed E-state index contributed by atoms with van der Waals surface area (Å²) in [7, 11) is 0. The van der Waals surface area contributed by atoms with Crippen molar-refractivity contribution in [1.82, 2.24) is 9.47 Å². The third kappa shape index (κ3) is 3.59. The molecule has 0 N–H and O–H groups in total. The first-order chi connectivity index (χ1) is 12.7. The monoisotopic (exact) mass is 346 g/mol. The summed E-state index contributed by atoms with van der Waals surface area (Å²) in [6.45, 7) is 6.98. The lowest BCUT2D eigenvalue weighted by Crippen LogP contribution is -2.23. The number of hydrogen-bond acceptors (Lipinski definition) is 2. The number of nitrogens with zero attached hydrogens (tertiary/aromatic N) is 2. The van der Waals surface area contributed by atoms with E-state index in [1.165, 1.54) is 27.9 Å². The molecule has 1 fully saturated rings. The van der Waals surface area contributed by atoms with E-state index in [9.17, 15) is 0 Å². The number of aromatic nitrogens is 1. The van der Waals surface area contributed by atoms with Crippen LogP contribution in [0.2, 0.25) is 0 Å². The second-order valence-electron chi connectivity index (χ2n) is 7.05. The number of aryl methyl sites for hydroxylation is 2. The summed E-state index contributed by atoms with van der Waals surface area (Å²) in [4.78, 5) is 2.41. The maximum absolute atomic E-state index is 6.05. The molecule has 0 amide bonds. The molecule has 1 atom stereocenters. The summed E-state index contributed by atoms with van der Waals surface area (Å²) < 4.78 is 8.23. The molecular formula is C23H26N2O. The third-order valence-corrected chi connectivity index (χ3v) is 5.14. The molecule has 3 heteroatoms. The first-order valence-corrected chi connectivity index (χ1v) is 9.41. The number of hydrogen-bond donors (Lipinski definition) is 0. The Bertz CT molecular complexity index is 849. The Kier molecular flexibility index (Phi) is 4.91. The highest BCUT2D eigenvalue weighted by Gasteiger charge is 2.27. The highest BCUT2D eigenvalue weighted by Crippen LogP contribution is 2.29. The summed E-state index contributed by atoms with van der Waals surface area (Å²) in [5, 5.41) is 0. The van der Waals surface area contributed by atoms with Crippen molar-refractivity contribution in [2.45, 2.75) is 33.0 Å². The molecule has 0 aliphatic carbocycles. The maximum Gasteiger partial charge on any atom is 0.138 e. The van der Waals surface area contributed by atoms with Crippen LogP contribution in [0.1, 0.15) is 35.4 Å². The number of benzene rings is 2. The fourth-order valence-corrected chi connectivity index (χ4v) is 3.52. The molecule has 0 bridgehead atoms. The van der Waals surface area contributed by atoms with E-state index < -0.39 is 0 Å². The van der Waals surface area contributed by atoms with Gasteiger partial charge in [-0.1, -0.05) is 48.9 Å². The molecule has 26 heavy (non-hydrogen) atoms. The number of ether oxygens (including phenoxy) is 1. The second kappa shape index (κ2) is 7.48. The lowest BCUT2D eigenvalue weighted by molar-refractivity contribution is 0.0288. The lowest BCUT2D eigenvalue weighted by atomic mass is 10.1. The summed E-state index contributed by atoms with van der Waals surface area (Å²) in [6, 6.07) is 19.7. The topological polar surface area (TPSA) is 17.4 Å². The average Bonchev–Trinajstić information content (AvgIpc) is 3.33. The van der Waals surface area contributed by atoms with Crippen LogP contribution in [-0.4, -0.2) is 22.6 Å². The minimum absolute atomic E-state index is 0.0347. The Hall–Kier alpha value is -2.36. The van der Waals surface area contributed by atoms with Gasteiger partial charge in [-0.15, -0.1) is 0 Å². The fourth-order valence-electron chi connectivity index (χ4n) is 3.52. The molecule has 3 aromatic rings. The van der Waals surface area contributed by atoms with Crippen molar-refractivity contribution in [1.29, 1.82) is 0 Å². The van der Waals surface area contributed by atoms with Gasteiger partial charge in [-0.2, -0.15) is 0 Å². The molecule has 1 saturated heterocycles. The van der Waals surface area contributed by atoms with Gasteiger partial charge in [-0.05, 0) is 42.7 Å². The van der Waals surface area contributed by atoms with Crippen molar-refractivity contribution in [2.24, 2.45) is 0 Å². The third-order valence-electron chi connectivity index (χ3n) is 5.14. The molecule has 134 valence electrons. The van der Waals surface area contributed by atoms with Crippen LogP contribution < -0.4 is 0 Å². The normalized spacial score (nSPS) is 17.7. The van der Waals surface area contributed by atoms with Gasteiger partial charge in [0.2, 0.25) is 0 Å². The lowest BCUT2D eigenvalue weighted by Gasteiger charge is -2.22. The molecular weight excluding hydrogens is 320 g/mol. The smallest absolute Gasteiger partial charge is 0.138 e. The Morgan fingerprint density at radius 2 is 1.69 bits per heavy atom. The first kappa shape index (κ1) is 17.1. The van der Waals surface area contributed by atoms with Gasteiger partial charge in [0.1, 0.15) is 6.23 Å². The van der Waals surface area contributed by atoms with Crippen molar-refractivity contribution in [3.63, 3.8) is 0 Å². The van der Waals surface area contributed by atoms with Gasteiger partial charge < -0.3 is 9.30 Å². The Labute approximate surface area is 155 Å². The summed E-state index contributed by atoms with van der Waals surface area (Å²) in [5.74, 6) is 0. The zero-order valence-corrected chi connectivity index (χ0v) is 15.6. The van der Waals surface area contributed by atoms with E-state index in [2.05, 4.69) is 90.3 Å². The van der Waals surface area contributed by atoms with Crippen molar-refractivity contribution >= 4 is 0 Å². The molecule has 0 spiro atoms. The molecule has 0 saturated carbocycles. The minimum Gasteiger partial charge on any atom is -0.357 e. The van der Waals surface area contributed by atoms with Gasteiger partial charge >= 0.3 is 0 Å². The Morgan fingerprint density at radius 1 is 0.962 bits per heavy atom. The minimum atomic E-state index is 0.0347. The van der Waals surface area contributed by atoms with Crippen molar-refractivity contribution in [3.8, 4) is 5.69 Å². The predicted molar refractivity (Wildman–Crippen MR) is 105 cm³/mol. The van der Waals surface area contributed by atoms with E-state index in [-0.39, 0.29) is 6.23 Å². The van der Waals surface area contributed by atoms with E-state index in [0.717, 1.165) is 26.1 Å². The fraction of sp³-hybridized carbons (Fsp3) is 0.304. The van der Waals surface area contributed by atoms with Gasteiger partial charge in [-0.3, -0.25) is 4.90 Å². The molecule has 2 aromatic carbocycles. The van der Waals surface area contributed by atoms with Crippen molar-refractivity contribution in [2.75, 3.05) is 13.2 Å². The Morgan fingerprint density at radius 3 is 2.42 bits per heavy atom. The largest absolute Gasteiger partial charge is 0.357 e. The molecule has 4 rings (SSSR count). The average molecular weight is 346 g/mol. The SMILES string of the molecule is CCc1ccc(-n2ccc(C3OCCN3Cc3ccc(C)cc3)c2)cc1. The van der Waals surface area contributed by atoms with Crippen molar-refractivity contribution in [3.05, 3.63) is 89.2 Å². The molecule has 3 nitrogen and oxygen atoms in total. The highest BCUT2D eigenvalue weighted by atomic mass is 16.5.